The Labute approximate surface area is 118 Å². The molecular formula is C15H18N2O3. The molecule has 1 atom stereocenters. The summed E-state index contributed by atoms with van der Waals surface area (Å²) < 4.78 is 11.0. The molecule has 0 amide bonds. The molecule has 0 aliphatic heterocycles. The molecular weight excluding hydrogens is 256 g/mol. The second-order valence-corrected chi connectivity index (χ2v) is 4.15. The highest BCUT2D eigenvalue weighted by atomic mass is 16.5. The number of aromatic nitrogens is 2. The first kappa shape index (κ1) is 14.3. The van der Waals surface area contributed by atoms with E-state index in [1.807, 2.05) is 19.9 Å². The molecule has 0 saturated heterocycles. The Kier molecular flexibility index (Phi) is 4.90. The van der Waals surface area contributed by atoms with Crippen molar-refractivity contribution < 1.29 is 14.6 Å². The van der Waals surface area contributed by atoms with E-state index in [4.69, 9.17) is 9.47 Å². The molecule has 1 aromatic heterocycles. The molecule has 0 radical (unpaired) electrons. The average molecular weight is 274 g/mol. The van der Waals surface area contributed by atoms with Crippen LogP contribution in [0, 0.1) is 0 Å². The van der Waals surface area contributed by atoms with Crippen molar-refractivity contribution in [1.29, 1.82) is 0 Å². The molecule has 2 aromatic rings. The van der Waals surface area contributed by atoms with Crippen LogP contribution in [0.25, 0.3) is 0 Å². The lowest BCUT2D eigenvalue weighted by Crippen LogP contribution is -2.03. The minimum atomic E-state index is -0.786. The third-order valence-electron chi connectivity index (χ3n) is 2.78. The van der Waals surface area contributed by atoms with Crippen LogP contribution in [0.4, 0.5) is 0 Å². The average Bonchev–Trinajstić information content (AvgIpc) is 2.50. The normalized spacial score (nSPS) is 11.9. The van der Waals surface area contributed by atoms with Crippen molar-refractivity contribution in [3.05, 3.63) is 48.0 Å². The van der Waals surface area contributed by atoms with Gasteiger partial charge < -0.3 is 14.6 Å². The van der Waals surface area contributed by atoms with E-state index in [1.54, 1.807) is 24.5 Å². The van der Waals surface area contributed by atoms with Crippen LogP contribution in [0.1, 0.15) is 31.1 Å². The fraction of sp³-hybridized carbons (Fsp3) is 0.333. The maximum atomic E-state index is 10.3. The summed E-state index contributed by atoms with van der Waals surface area (Å²) in [7, 11) is 0. The van der Waals surface area contributed by atoms with E-state index < -0.39 is 6.10 Å². The number of aliphatic hydroxyl groups is 1. The Morgan fingerprint density at radius 1 is 1.00 bits per heavy atom. The Bertz CT molecular complexity index is 546. The minimum Gasteiger partial charge on any atom is -0.490 e. The Hall–Kier alpha value is -2.14. The lowest BCUT2D eigenvalue weighted by atomic mass is 10.0. The van der Waals surface area contributed by atoms with Gasteiger partial charge in [0.2, 0.25) is 0 Å². The van der Waals surface area contributed by atoms with Crippen LogP contribution in [0.3, 0.4) is 0 Å². The lowest BCUT2D eigenvalue weighted by Gasteiger charge is -2.15. The van der Waals surface area contributed by atoms with Crippen molar-refractivity contribution in [2.45, 2.75) is 20.0 Å². The van der Waals surface area contributed by atoms with Crippen molar-refractivity contribution in [3.8, 4) is 11.5 Å². The van der Waals surface area contributed by atoms with E-state index in [0.717, 1.165) is 0 Å². The number of rotatable bonds is 6. The van der Waals surface area contributed by atoms with Gasteiger partial charge >= 0.3 is 0 Å². The number of hydrogen-bond acceptors (Lipinski definition) is 5. The predicted octanol–water partition coefficient (Wildman–Crippen LogP) is 2.36. The highest BCUT2D eigenvalue weighted by Gasteiger charge is 2.14. The largest absolute Gasteiger partial charge is 0.490 e. The van der Waals surface area contributed by atoms with Gasteiger partial charge in [0.1, 0.15) is 12.4 Å². The Morgan fingerprint density at radius 2 is 1.65 bits per heavy atom. The number of benzene rings is 1. The van der Waals surface area contributed by atoms with Gasteiger partial charge in [0.05, 0.1) is 13.2 Å². The quantitative estimate of drug-likeness (QED) is 0.876. The van der Waals surface area contributed by atoms with Gasteiger partial charge in [-0.25, -0.2) is 9.97 Å². The molecule has 1 heterocycles. The molecule has 106 valence electrons. The minimum absolute atomic E-state index is 0.536. The summed E-state index contributed by atoms with van der Waals surface area (Å²) in [6, 6.07) is 5.40. The molecule has 5 nitrogen and oxygen atoms in total. The van der Waals surface area contributed by atoms with Crippen LogP contribution >= 0.6 is 0 Å². The van der Waals surface area contributed by atoms with Crippen molar-refractivity contribution in [3.63, 3.8) is 0 Å². The SMILES string of the molecule is CCOc1ccc(C(O)c2cncnc2)cc1OCC. The van der Waals surface area contributed by atoms with Crippen LogP contribution in [0.15, 0.2) is 36.9 Å². The molecule has 0 aliphatic carbocycles. The summed E-state index contributed by atoms with van der Waals surface area (Å²) in [4.78, 5) is 7.82. The van der Waals surface area contributed by atoms with Gasteiger partial charge in [-0.15, -0.1) is 0 Å². The molecule has 0 spiro atoms. The molecule has 1 unspecified atom stereocenters. The van der Waals surface area contributed by atoms with Crippen molar-refractivity contribution in [2.24, 2.45) is 0 Å². The van der Waals surface area contributed by atoms with Crippen LogP contribution in [-0.2, 0) is 0 Å². The number of nitrogens with zero attached hydrogens (tertiary/aromatic N) is 2. The third kappa shape index (κ3) is 3.24. The zero-order valence-corrected chi connectivity index (χ0v) is 11.6. The van der Waals surface area contributed by atoms with E-state index in [9.17, 15) is 5.11 Å². The molecule has 0 saturated carbocycles. The van der Waals surface area contributed by atoms with Crippen molar-refractivity contribution >= 4 is 0 Å². The van der Waals surface area contributed by atoms with Crippen LogP contribution < -0.4 is 9.47 Å². The lowest BCUT2D eigenvalue weighted by molar-refractivity contribution is 0.218. The highest BCUT2D eigenvalue weighted by Crippen LogP contribution is 2.32. The molecule has 20 heavy (non-hydrogen) atoms. The maximum absolute atomic E-state index is 10.3. The van der Waals surface area contributed by atoms with Gasteiger partial charge in [-0.1, -0.05) is 6.07 Å². The number of aliphatic hydroxyl groups excluding tert-OH is 1. The molecule has 0 fully saturated rings. The summed E-state index contributed by atoms with van der Waals surface area (Å²) in [6.07, 6.45) is 3.83. The van der Waals surface area contributed by atoms with E-state index in [2.05, 4.69) is 9.97 Å². The second-order valence-electron chi connectivity index (χ2n) is 4.15. The first-order valence-corrected chi connectivity index (χ1v) is 6.58. The molecule has 2 rings (SSSR count). The summed E-state index contributed by atoms with van der Waals surface area (Å²) in [5.74, 6) is 1.30. The van der Waals surface area contributed by atoms with Gasteiger partial charge in [-0.05, 0) is 31.5 Å². The standard InChI is InChI=1S/C15H18N2O3/c1-3-19-13-6-5-11(7-14(13)20-4-2)15(18)12-8-16-10-17-9-12/h5-10,15,18H,3-4H2,1-2H3. The molecule has 0 bridgehead atoms. The zero-order valence-electron chi connectivity index (χ0n) is 11.6. The second kappa shape index (κ2) is 6.86. The van der Waals surface area contributed by atoms with Crippen LogP contribution in [0.2, 0.25) is 0 Å². The summed E-state index contributed by atoms with van der Waals surface area (Å²) in [6.45, 7) is 4.92. The first-order valence-electron chi connectivity index (χ1n) is 6.58. The number of ether oxygens (including phenoxy) is 2. The monoisotopic (exact) mass is 274 g/mol. The van der Waals surface area contributed by atoms with E-state index in [-0.39, 0.29) is 0 Å². The van der Waals surface area contributed by atoms with Gasteiger partial charge in [-0.3, -0.25) is 0 Å². The highest BCUT2D eigenvalue weighted by molar-refractivity contribution is 5.45. The van der Waals surface area contributed by atoms with E-state index >= 15 is 0 Å². The van der Waals surface area contributed by atoms with Crippen molar-refractivity contribution in [1.82, 2.24) is 9.97 Å². The van der Waals surface area contributed by atoms with Crippen molar-refractivity contribution in [2.75, 3.05) is 13.2 Å². The molecule has 1 N–H and O–H groups in total. The van der Waals surface area contributed by atoms with Gasteiger partial charge in [0, 0.05) is 18.0 Å². The topological polar surface area (TPSA) is 64.5 Å². The summed E-state index contributed by atoms with van der Waals surface area (Å²) in [5, 5.41) is 10.3. The predicted molar refractivity (Wildman–Crippen MR) is 74.9 cm³/mol. The van der Waals surface area contributed by atoms with Gasteiger partial charge in [0.15, 0.2) is 11.5 Å². The molecule has 5 heteroatoms. The van der Waals surface area contributed by atoms with Gasteiger partial charge in [-0.2, -0.15) is 0 Å². The molecule has 1 aromatic carbocycles. The smallest absolute Gasteiger partial charge is 0.161 e. The van der Waals surface area contributed by atoms with E-state index in [1.165, 1.54) is 6.33 Å². The fourth-order valence-electron chi connectivity index (χ4n) is 1.88. The number of hydrogen-bond donors (Lipinski definition) is 1. The summed E-state index contributed by atoms with van der Waals surface area (Å²) in [5.41, 5.74) is 1.35. The van der Waals surface area contributed by atoms with Crippen LogP contribution in [0.5, 0.6) is 11.5 Å². The van der Waals surface area contributed by atoms with Gasteiger partial charge in [0.25, 0.3) is 0 Å². The fourth-order valence-corrected chi connectivity index (χ4v) is 1.88. The first-order chi connectivity index (χ1) is 9.76. The Balaban J connectivity index is 2.30. The Morgan fingerprint density at radius 3 is 2.30 bits per heavy atom. The van der Waals surface area contributed by atoms with E-state index in [0.29, 0.717) is 35.8 Å². The maximum Gasteiger partial charge on any atom is 0.161 e. The molecule has 0 aliphatic rings. The van der Waals surface area contributed by atoms with Crippen LogP contribution in [-0.4, -0.2) is 28.3 Å². The summed E-state index contributed by atoms with van der Waals surface area (Å²) >= 11 is 0. The third-order valence-corrected chi connectivity index (χ3v) is 2.78. The zero-order chi connectivity index (χ0) is 14.4.